The van der Waals surface area contributed by atoms with Gasteiger partial charge in [0.25, 0.3) is 5.56 Å². The molecule has 2 N–H and O–H groups in total. The van der Waals surface area contributed by atoms with Crippen molar-refractivity contribution in [3.05, 3.63) is 51.9 Å². The van der Waals surface area contributed by atoms with Crippen LogP contribution < -0.4 is 10.9 Å². The zero-order chi connectivity index (χ0) is 22.8. The molecule has 1 aromatic heterocycles. The Bertz CT molecular complexity index is 1150. The number of aromatic nitrogens is 2. The van der Waals surface area contributed by atoms with Crippen molar-refractivity contribution in [1.29, 1.82) is 0 Å². The van der Waals surface area contributed by atoms with Crippen LogP contribution in [0.15, 0.2) is 35.1 Å². The fourth-order valence-corrected chi connectivity index (χ4v) is 5.25. The van der Waals surface area contributed by atoms with Gasteiger partial charge in [-0.25, -0.2) is 4.68 Å². The van der Waals surface area contributed by atoms with E-state index in [1.54, 1.807) is 44.6 Å². The zero-order valence-electron chi connectivity index (χ0n) is 18.1. The van der Waals surface area contributed by atoms with E-state index in [9.17, 15) is 24.3 Å². The Kier molecular flexibility index (Phi) is 4.69. The molecule has 4 atom stereocenters. The molecule has 2 saturated heterocycles. The van der Waals surface area contributed by atoms with Crippen molar-refractivity contribution >= 4 is 17.8 Å². The highest BCUT2D eigenvalue weighted by Crippen LogP contribution is 2.51. The molecule has 4 unspecified atom stereocenters. The van der Waals surface area contributed by atoms with Crippen molar-refractivity contribution in [3.8, 4) is 5.69 Å². The van der Waals surface area contributed by atoms with Crippen LogP contribution in [-0.4, -0.2) is 49.7 Å². The minimum Gasteiger partial charge on any atom is -0.480 e. The maximum Gasteiger partial charge on any atom is 0.325 e. The summed E-state index contributed by atoms with van der Waals surface area (Å²) >= 11 is 0. The van der Waals surface area contributed by atoms with Gasteiger partial charge < -0.3 is 5.11 Å². The average Bonchev–Trinajstić information content (AvgIpc) is 3.27. The number of imide groups is 1. The Morgan fingerprint density at radius 3 is 2.26 bits per heavy atom. The lowest BCUT2D eigenvalue weighted by atomic mass is 9.73. The predicted molar refractivity (Wildman–Crippen MR) is 112 cm³/mol. The number of nitrogens with one attached hydrogen (secondary N) is 1. The highest BCUT2D eigenvalue weighted by molar-refractivity contribution is 6.09. The van der Waals surface area contributed by atoms with Crippen LogP contribution in [-0.2, 0) is 21.4 Å². The fraction of sp³-hybridized carbons (Fsp3) is 0.455. The fourth-order valence-electron chi connectivity index (χ4n) is 5.25. The summed E-state index contributed by atoms with van der Waals surface area (Å²) in [6.07, 6.45) is 0. The first kappa shape index (κ1) is 21.0. The molecular weight excluding hydrogens is 400 g/mol. The smallest absolute Gasteiger partial charge is 0.325 e. The maximum atomic E-state index is 13.6. The van der Waals surface area contributed by atoms with Crippen LogP contribution in [0, 0.1) is 24.7 Å². The molecule has 2 aliphatic heterocycles. The molecule has 2 aromatic rings. The summed E-state index contributed by atoms with van der Waals surface area (Å²) in [5.74, 6) is -4.74. The first-order valence-corrected chi connectivity index (χ1v) is 10.2. The van der Waals surface area contributed by atoms with Crippen molar-refractivity contribution < 1.29 is 19.5 Å². The van der Waals surface area contributed by atoms with Gasteiger partial charge in [-0.3, -0.25) is 34.1 Å². The highest BCUT2D eigenvalue weighted by Gasteiger charge is 2.69. The second-order valence-electron chi connectivity index (χ2n) is 8.67. The van der Waals surface area contributed by atoms with E-state index < -0.39 is 47.1 Å². The van der Waals surface area contributed by atoms with Gasteiger partial charge in [0.05, 0.1) is 29.1 Å². The maximum absolute atomic E-state index is 13.6. The Morgan fingerprint density at radius 1 is 1.10 bits per heavy atom. The van der Waals surface area contributed by atoms with Crippen LogP contribution in [0.2, 0.25) is 0 Å². The first-order chi connectivity index (χ1) is 14.6. The minimum atomic E-state index is -1.65. The van der Waals surface area contributed by atoms with Gasteiger partial charge in [-0.2, -0.15) is 0 Å². The van der Waals surface area contributed by atoms with Crippen LogP contribution in [0.1, 0.15) is 31.1 Å². The molecule has 4 rings (SSSR count). The van der Waals surface area contributed by atoms with E-state index in [0.717, 1.165) is 4.90 Å². The first-order valence-electron chi connectivity index (χ1n) is 10.2. The van der Waals surface area contributed by atoms with Crippen molar-refractivity contribution in [2.75, 3.05) is 7.05 Å². The molecule has 9 heteroatoms. The molecule has 31 heavy (non-hydrogen) atoms. The largest absolute Gasteiger partial charge is 0.480 e. The monoisotopic (exact) mass is 426 g/mol. The molecular formula is C22H26N4O5. The summed E-state index contributed by atoms with van der Waals surface area (Å²) in [7, 11) is 3.10. The van der Waals surface area contributed by atoms with E-state index in [4.69, 9.17) is 0 Å². The van der Waals surface area contributed by atoms with E-state index in [0.29, 0.717) is 16.9 Å². The van der Waals surface area contributed by atoms with Crippen LogP contribution in [0.25, 0.3) is 5.69 Å². The standard InChI is InChI=1S/C22H26N4O5/c1-11(2)22(21(30)31)16-15(18(27)24(4)20(16)29)17(23-22)14-12(3)25(5)26(19(14)28)13-9-7-6-8-10-13/h6-11,15-17,23H,1-5H3,(H,30,31). The number of aliphatic carboxylic acids is 1. The molecule has 9 nitrogen and oxygen atoms in total. The quantitative estimate of drug-likeness (QED) is 0.701. The van der Waals surface area contributed by atoms with E-state index in [1.165, 1.54) is 11.7 Å². The molecule has 2 aliphatic rings. The summed E-state index contributed by atoms with van der Waals surface area (Å²) in [5, 5.41) is 13.3. The summed E-state index contributed by atoms with van der Waals surface area (Å²) in [4.78, 5) is 53.1. The molecule has 0 saturated carbocycles. The molecule has 0 bridgehead atoms. The van der Waals surface area contributed by atoms with Gasteiger partial charge in [0.15, 0.2) is 0 Å². The zero-order valence-corrected chi connectivity index (χ0v) is 18.1. The van der Waals surface area contributed by atoms with Gasteiger partial charge in [-0.05, 0) is 25.0 Å². The van der Waals surface area contributed by atoms with Crippen LogP contribution in [0.5, 0.6) is 0 Å². The Balaban J connectivity index is 1.96. The van der Waals surface area contributed by atoms with E-state index in [1.807, 2.05) is 18.2 Å². The van der Waals surface area contributed by atoms with Crippen LogP contribution >= 0.6 is 0 Å². The minimum absolute atomic E-state index is 0.307. The number of carbonyl (C=O) groups excluding carboxylic acids is 2. The number of fused-ring (bicyclic) bond motifs is 1. The molecule has 1 aromatic carbocycles. The molecule has 2 amide bonds. The summed E-state index contributed by atoms with van der Waals surface area (Å²) in [6, 6.07) is 8.17. The molecule has 164 valence electrons. The van der Waals surface area contributed by atoms with Crippen molar-refractivity contribution in [2.24, 2.45) is 24.8 Å². The van der Waals surface area contributed by atoms with E-state index in [2.05, 4.69) is 5.32 Å². The topological polar surface area (TPSA) is 114 Å². The number of likely N-dealkylation sites (tertiary alicyclic amines) is 1. The number of hydrogen-bond donors (Lipinski definition) is 2. The van der Waals surface area contributed by atoms with Crippen LogP contribution in [0.4, 0.5) is 0 Å². The number of rotatable bonds is 4. The van der Waals surface area contributed by atoms with Crippen molar-refractivity contribution in [1.82, 2.24) is 19.6 Å². The lowest BCUT2D eigenvalue weighted by Gasteiger charge is -2.34. The predicted octanol–water partition coefficient (Wildman–Crippen LogP) is 0.839. The molecule has 0 spiro atoms. The summed E-state index contributed by atoms with van der Waals surface area (Å²) in [5.41, 5.74) is -0.439. The number of para-hydroxylation sites is 1. The number of carbonyl (C=O) groups is 3. The molecule has 0 aliphatic carbocycles. The number of hydrogen-bond acceptors (Lipinski definition) is 5. The lowest BCUT2D eigenvalue weighted by Crippen LogP contribution is -2.59. The number of carboxylic acids is 1. The third-order valence-corrected chi connectivity index (χ3v) is 6.99. The molecule has 3 heterocycles. The number of amides is 2. The van der Waals surface area contributed by atoms with E-state index >= 15 is 0 Å². The van der Waals surface area contributed by atoms with Gasteiger partial charge in [-0.15, -0.1) is 0 Å². The highest BCUT2D eigenvalue weighted by atomic mass is 16.4. The van der Waals surface area contributed by atoms with Gasteiger partial charge in [-0.1, -0.05) is 32.0 Å². The van der Waals surface area contributed by atoms with Crippen LogP contribution in [0.3, 0.4) is 0 Å². The SMILES string of the molecule is Cc1c(C2NC(C(=O)O)(C(C)C)C3C(=O)N(C)C(=O)C23)c(=O)n(-c2ccccc2)n1C. The number of nitrogens with zero attached hydrogens (tertiary/aromatic N) is 3. The van der Waals surface area contributed by atoms with Gasteiger partial charge in [0, 0.05) is 19.8 Å². The van der Waals surface area contributed by atoms with E-state index in [-0.39, 0.29) is 5.56 Å². The normalized spacial score (nSPS) is 27.9. The Labute approximate surface area is 179 Å². The summed E-state index contributed by atoms with van der Waals surface area (Å²) in [6.45, 7) is 5.17. The average molecular weight is 426 g/mol. The summed E-state index contributed by atoms with van der Waals surface area (Å²) < 4.78 is 3.17. The van der Waals surface area contributed by atoms with Gasteiger partial charge in [0.1, 0.15) is 5.54 Å². The van der Waals surface area contributed by atoms with Gasteiger partial charge in [0.2, 0.25) is 11.8 Å². The van der Waals surface area contributed by atoms with Crippen molar-refractivity contribution in [3.63, 3.8) is 0 Å². The van der Waals surface area contributed by atoms with Gasteiger partial charge >= 0.3 is 5.97 Å². The second kappa shape index (κ2) is 6.91. The second-order valence-corrected chi connectivity index (χ2v) is 8.67. The Hall–Kier alpha value is -3.20. The number of benzene rings is 1. The molecule has 2 fully saturated rings. The Morgan fingerprint density at radius 2 is 1.71 bits per heavy atom. The van der Waals surface area contributed by atoms with Crippen molar-refractivity contribution in [2.45, 2.75) is 32.4 Å². The molecule has 0 radical (unpaired) electrons. The third kappa shape index (κ3) is 2.59. The third-order valence-electron chi connectivity index (χ3n) is 6.99. The lowest BCUT2D eigenvalue weighted by molar-refractivity contribution is -0.153. The number of carboxylic acid groups (broad SMARTS) is 1.